The maximum Gasteiger partial charge on any atom is 0.280 e. The van der Waals surface area contributed by atoms with Gasteiger partial charge in [0.05, 0.1) is 11.1 Å². The summed E-state index contributed by atoms with van der Waals surface area (Å²) in [5.74, 6) is 0.575. The average molecular weight is 376 g/mol. The Kier molecular flexibility index (Phi) is 4.26. The van der Waals surface area contributed by atoms with E-state index >= 15 is 0 Å². The maximum absolute atomic E-state index is 12.9. The molecule has 0 radical (unpaired) electrons. The van der Waals surface area contributed by atoms with Crippen LogP contribution < -0.4 is 9.80 Å². The van der Waals surface area contributed by atoms with Crippen LogP contribution in [0.5, 0.6) is 0 Å². The molecule has 0 atom stereocenters. The van der Waals surface area contributed by atoms with Crippen LogP contribution in [0.4, 0.5) is 11.6 Å². The van der Waals surface area contributed by atoms with Crippen molar-refractivity contribution in [3.63, 3.8) is 0 Å². The maximum atomic E-state index is 12.9. The Balaban J connectivity index is 1.82. The lowest BCUT2D eigenvalue weighted by Crippen LogP contribution is -2.37. The summed E-state index contributed by atoms with van der Waals surface area (Å²) in [6.07, 6.45) is 3.28. The zero-order valence-electron chi connectivity index (χ0n) is 16.1. The number of rotatable bonds is 3. The minimum Gasteiger partial charge on any atom is -0.288 e. The summed E-state index contributed by atoms with van der Waals surface area (Å²) in [6.45, 7) is 7.64. The second-order valence-corrected chi connectivity index (χ2v) is 7.18. The third-order valence-corrected chi connectivity index (χ3v) is 4.67. The lowest BCUT2D eigenvalue weighted by molar-refractivity contribution is -0.113. The highest BCUT2D eigenvalue weighted by Gasteiger charge is 2.39. The Morgan fingerprint density at radius 2 is 1.14 bits per heavy atom. The molecule has 0 spiro atoms. The van der Waals surface area contributed by atoms with E-state index in [2.05, 4.69) is 20.2 Å². The van der Waals surface area contributed by atoms with Crippen LogP contribution in [-0.4, -0.2) is 45.3 Å². The molecule has 2 aliphatic heterocycles. The normalized spacial score (nSPS) is 18.8. The molecule has 0 saturated carbocycles. The van der Waals surface area contributed by atoms with Crippen molar-refractivity contribution < 1.29 is 9.59 Å². The van der Waals surface area contributed by atoms with Gasteiger partial charge in [-0.2, -0.15) is 0 Å². The van der Waals surface area contributed by atoms with Gasteiger partial charge in [-0.3, -0.25) is 19.4 Å². The second kappa shape index (κ2) is 6.63. The number of hydrogen-bond donors (Lipinski definition) is 0. The first kappa shape index (κ1) is 18.0. The molecule has 0 saturated heterocycles. The summed E-state index contributed by atoms with van der Waals surface area (Å²) in [5, 5.41) is 8.40. The average Bonchev–Trinajstić information content (AvgIpc) is 3.10. The number of aromatic nitrogens is 2. The molecule has 2 aliphatic rings. The van der Waals surface area contributed by atoms with Crippen LogP contribution in [0.25, 0.3) is 0 Å². The predicted octanol–water partition coefficient (Wildman–Crippen LogP) is 2.18. The van der Waals surface area contributed by atoms with E-state index in [-0.39, 0.29) is 35.3 Å². The van der Waals surface area contributed by atoms with Crippen LogP contribution in [0.3, 0.4) is 0 Å². The fourth-order valence-electron chi connectivity index (χ4n) is 3.45. The minimum atomic E-state index is -0.273. The van der Waals surface area contributed by atoms with Gasteiger partial charge in [0.25, 0.3) is 11.8 Å². The Bertz CT molecular complexity index is 957. The summed E-state index contributed by atoms with van der Waals surface area (Å²) >= 11 is 0. The molecule has 142 valence electrons. The molecule has 8 nitrogen and oxygen atoms in total. The predicted molar refractivity (Wildman–Crippen MR) is 107 cm³/mol. The molecule has 2 aromatic heterocycles. The van der Waals surface area contributed by atoms with Crippen molar-refractivity contribution in [3.05, 3.63) is 47.8 Å². The number of carbonyl (C=O) groups excluding carboxylic acids is 2. The fraction of sp³-hybridized carbons (Fsp3) is 0.300. The molecule has 28 heavy (non-hydrogen) atoms. The fourth-order valence-corrected chi connectivity index (χ4v) is 3.45. The standard InChI is InChI=1S/C20H20N6O2/c1-11(2)25-17-13(7-5-9-21-17)15(19(25)27)23-24-16-14-8-6-10-22-18(14)26(12(3)4)20(16)28/h5-12H,1-4H3. The third-order valence-electron chi connectivity index (χ3n) is 4.67. The quantitative estimate of drug-likeness (QED) is 0.768. The first-order valence-corrected chi connectivity index (χ1v) is 9.15. The summed E-state index contributed by atoms with van der Waals surface area (Å²) in [7, 11) is 0. The van der Waals surface area contributed by atoms with Gasteiger partial charge in [0.1, 0.15) is 11.6 Å². The largest absolute Gasteiger partial charge is 0.288 e. The second-order valence-electron chi connectivity index (χ2n) is 7.18. The van der Waals surface area contributed by atoms with Crippen LogP contribution in [-0.2, 0) is 9.59 Å². The van der Waals surface area contributed by atoms with E-state index in [0.29, 0.717) is 22.8 Å². The van der Waals surface area contributed by atoms with E-state index in [9.17, 15) is 9.59 Å². The molecule has 0 aliphatic carbocycles. The van der Waals surface area contributed by atoms with Gasteiger partial charge in [-0.15, -0.1) is 10.2 Å². The number of pyridine rings is 2. The molecule has 4 rings (SSSR count). The van der Waals surface area contributed by atoms with Gasteiger partial charge in [0.15, 0.2) is 11.4 Å². The van der Waals surface area contributed by atoms with Crippen molar-refractivity contribution in [2.75, 3.05) is 9.80 Å². The zero-order chi connectivity index (χ0) is 20.0. The third kappa shape index (κ3) is 2.60. The molecule has 4 heterocycles. The molecule has 0 bridgehead atoms. The van der Waals surface area contributed by atoms with Gasteiger partial charge >= 0.3 is 0 Å². The van der Waals surface area contributed by atoms with E-state index in [0.717, 1.165) is 0 Å². The smallest absolute Gasteiger partial charge is 0.280 e. The highest BCUT2D eigenvalue weighted by atomic mass is 16.2. The van der Waals surface area contributed by atoms with E-state index < -0.39 is 0 Å². The van der Waals surface area contributed by atoms with Gasteiger partial charge in [-0.25, -0.2) is 9.97 Å². The number of fused-ring (bicyclic) bond motifs is 2. The van der Waals surface area contributed by atoms with Crippen molar-refractivity contribution in [2.45, 2.75) is 39.8 Å². The van der Waals surface area contributed by atoms with Crippen LogP contribution in [0.15, 0.2) is 46.9 Å². The highest BCUT2D eigenvalue weighted by molar-refractivity contribution is 6.56. The number of hydrogen-bond acceptors (Lipinski definition) is 6. The Hall–Kier alpha value is -3.42. The van der Waals surface area contributed by atoms with Gasteiger partial charge in [-0.1, -0.05) is 0 Å². The zero-order valence-corrected chi connectivity index (χ0v) is 16.1. The first-order valence-electron chi connectivity index (χ1n) is 9.15. The van der Waals surface area contributed by atoms with Crippen molar-refractivity contribution in [3.8, 4) is 0 Å². The van der Waals surface area contributed by atoms with Gasteiger partial charge < -0.3 is 0 Å². The van der Waals surface area contributed by atoms with Gasteiger partial charge in [0.2, 0.25) is 0 Å². The number of amides is 2. The molecule has 0 N–H and O–H groups in total. The molecular formula is C20H20N6O2. The molecule has 0 aromatic carbocycles. The van der Waals surface area contributed by atoms with Crippen LogP contribution in [0, 0.1) is 0 Å². The summed E-state index contributed by atoms with van der Waals surface area (Å²) in [6, 6.07) is 6.92. The minimum absolute atomic E-state index is 0.0732. The van der Waals surface area contributed by atoms with Crippen molar-refractivity contribution in [2.24, 2.45) is 10.2 Å². The van der Waals surface area contributed by atoms with Crippen molar-refractivity contribution in [1.29, 1.82) is 0 Å². The summed E-state index contributed by atoms with van der Waals surface area (Å²) in [4.78, 5) is 37.6. The SMILES string of the molecule is CC(C)N1C(=O)C(=NN=C2C(=O)N(C(C)C)c3ncccc32)c2cccnc21. The first-order chi connectivity index (χ1) is 13.4. The van der Waals surface area contributed by atoms with Crippen molar-refractivity contribution in [1.82, 2.24) is 9.97 Å². The number of nitrogens with zero attached hydrogens (tertiary/aromatic N) is 6. The lowest BCUT2D eigenvalue weighted by atomic mass is 10.2. The number of anilines is 2. The molecular weight excluding hydrogens is 356 g/mol. The topological polar surface area (TPSA) is 91.1 Å². The van der Waals surface area contributed by atoms with E-state index in [1.165, 1.54) is 0 Å². The Morgan fingerprint density at radius 3 is 1.50 bits per heavy atom. The monoisotopic (exact) mass is 376 g/mol. The molecule has 0 fully saturated rings. The summed E-state index contributed by atoms with van der Waals surface area (Å²) in [5.41, 5.74) is 1.60. The summed E-state index contributed by atoms with van der Waals surface area (Å²) < 4.78 is 0. The van der Waals surface area contributed by atoms with Crippen LogP contribution >= 0.6 is 0 Å². The van der Waals surface area contributed by atoms with Crippen LogP contribution in [0.2, 0.25) is 0 Å². The van der Waals surface area contributed by atoms with E-state index in [1.807, 2.05) is 27.7 Å². The number of carbonyl (C=O) groups is 2. The van der Waals surface area contributed by atoms with Gasteiger partial charge in [-0.05, 0) is 52.0 Å². The molecule has 2 amide bonds. The Morgan fingerprint density at radius 1 is 0.750 bits per heavy atom. The van der Waals surface area contributed by atoms with Gasteiger partial charge in [0, 0.05) is 24.5 Å². The highest BCUT2D eigenvalue weighted by Crippen LogP contribution is 2.30. The van der Waals surface area contributed by atoms with Crippen molar-refractivity contribution >= 4 is 34.9 Å². The lowest BCUT2D eigenvalue weighted by Gasteiger charge is -2.19. The van der Waals surface area contributed by atoms with E-state index in [4.69, 9.17) is 0 Å². The molecule has 0 unspecified atom stereocenters. The molecule has 2 aromatic rings. The van der Waals surface area contributed by atoms with E-state index in [1.54, 1.807) is 46.5 Å². The Labute approximate surface area is 162 Å². The van der Waals surface area contributed by atoms with Crippen LogP contribution in [0.1, 0.15) is 38.8 Å². The molecule has 8 heteroatoms.